The van der Waals surface area contributed by atoms with Gasteiger partial charge in [0.2, 0.25) is 10.0 Å². The maximum absolute atomic E-state index is 12.6. The number of piperazine rings is 1. The third-order valence-corrected chi connectivity index (χ3v) is 10.6. The van der Waals surface area contributed by atoms with E-state index < -0.39 is 30.8 Å². The quantitative estimate of drug-likeness (QED) is 0.291. The van der Waals surface area contributed by atoms with E-state index in [-0.39, 0.29) is 34.6 Å². The van der Waals surface area contributed by atoms with Gasteiger partial charge in [0, 0.05) is 58.9 Å². The number of nitrogens with zero attached hydrogens (tertiary/aromatic N) is 3. The Labute approximate surface area is 300 Å². The summed E-state index contributed by atoms with van der Waals surface area (Å²) in [6, 6.07) is 12.8. The highest BCUT2D eigenvalue weighted by molar-refractivity contribution is 9.10. The van der Waals surface area contributed by atoms with Crippen LogP contribution < -0.4 is 0 Å². The molecule has 0 spiro atoms. The molecular formula is C31H44Br2ClN3O8S2. The second-order valence-electron chi connectivity index (χ2n) is 12.8. The fourth-order valence-corrected chi connectivity index (χ4v) is 7.60. The van der Waals surface area contributed by atoms with Gasteiger partial charge in [-0.15, -0.1) is 0 Å². The predicted molar refractivity (Wildman–Crippen MR) is 190 cm³/mol. The molecule has 4 rings (SSSR count). The highest BCUT2D eigenvalue weighted by Crippen LogP contribution is 2.22. The van der Waals surface area contributed by atoms with Gasteiger partial charge < -0.3 is 19.3 Å². The van der Waals surface area contributed by atoms with E-state index in [0.717, 1.165) is 25.9 Å². The number of ether oxygens (including phenoxy) is 2. The molecule has 2 fully saturated rings. The van der Waals surface area contributed by atoms with Crippen LogP contribution >= 0.6 is 42.5 Å². The van der Waals surface area contributed by atoms with Crippen LogP contribution in [0.4, 0.5) is 9.59 Å². The molecule has 0 unspecified atom stereocenters. The van der Waals surface area contributed by atoms with E-state index >= 15 is 0 Å². The molecule has 2 heterocycles. The first-order chi connectivity index (χ1) is 21.6. The number of rotatable bonds is 3. The number of benzene rings is 2. The van der Waals surface area contributed by atoms with Crippen LogP contribution in [0, 0.1) is 0 Å². The van der Waals surface area contributed by atoms with Crippen molar-refractivity contribution in [2.75, 3.05) is 39.3 Å². The molecule has 0 saturated carbocycles. The van der Waals surface area contributed by atoms with Crippen LogP contribution in [0.5, 0.6) is 0 Å². The molecule has 264 valence electrons. The zero-order valence-corrected chi connectivity index (χ0v) is 33.1. The standard InChI is InChI=1S/C15H21BrN2O4S.C10H19NO2.C6H4BrClO2S/c1-15(2,3)22-14(19)17-7-9-18(10-8-17)23(20,21)13-6-4-5-12(16)11-13;1-10(2,3)13-9(12)11-7-5-4-6-8-11;7-5-2-1-3-6(4-5)11(8,9)10/h4-6,11H,7-10H2,1-3H3;4-8H2,1-3H3;1-4H. The Kier molecular flexibility index (Phi) is 15.5. The number of amides is 2. The highest BCUT2D eigenvalue weighted by atomic mass is 79.9. The van der Waals surface area contributed by atoms with E-state index in [1.165, 1.54) is 27.8 Å². The van der Waals surface area contributed by atoms with Crippen LogP contribution in [0.2, 0.25) is 0 Å². The number of piperidine rings is 1. The van der Waals surface area contributed by atoms with Crippen molar-refractivity contribution in [2.45, 2.75) is 81.8 Å². The van der Waals surface area contributed by atoms with Gasteiger partial charge >= 0.3 is 12.2 Å². The maximum atomic E-state index is 12.6. The summed E-state index contributed by atoms with van der Waals surface area (Å²) in [4.78, 5) is 27.2. The Hall–Kier alpha value is -1.91. The van der Waals surface area contributed by atoms with Gasteiger partial charge in [-0.2, -0.15) is 4.31 Å². The summed E-state index contributed by atoms with van der Waals surface area (Å²) in [5.74, 6) is 0. The summed E-state index contributed by atoms with van der Waals surface area (Å²) in [5, 5.41) is 0. The Morgan fingerprint density at radius 1 is 0.660 bits per heavy atom. The lowest BCUT2D eigenvalue weighted by Gasteiger charge is -2.35. The molecule has 2 aromatic rings. The van der Waals surface area contributed by atoms with E-state index in [2.05, 4.69) is 31.9 Å². The lowest BCUT2D eigenvalue weighted by molar-refractivity contribution is 0.0189. The van der Waals surface area contributed by atoms with E-state index in [0.29, 0.717) is 22.0 Å². The van der Waals surface area contributed by atoms with Gasteiger partial charge in [-0.05, 0) is 97.2 Å². The summed E-state index contributed by atoms with van der Waals surface area (Å²) in [7, 11) is -2.05. The molecule has 0 radical (unpaired) electrons. The first kappa shape index (κ1) is 41.3. The molecule has 11 nitrogen and oxygen atoms in total. The van der Waals surface area contributed by atoms with Gasteiger partial charge in [0.05, 0.1) is 9.79 Å². The monoisotopic (exact) mass is 843 g/mol. The number of hydrogen-bond donors (Lipinski definition) is 0. The molecule has 2 aliphatic heterocycles. The van der Waals surface area contributed by atoms with Crippen molar-refractivity contribution in [1.82, 2.24) is 14.1 Å². The van der Waals surface area contributed by atoms with Crippen molar-refractivity contribution in [1.29, 1.82) is 0 Å². The van der Waals surface area contributed by atoms with Crippen LogP contribution in [0.1, 0.15) is 60.8 Å². The third-order valence-electron chi connectivity index (χ3n) is 6.41. The van der Waals surface area contributed by atoms with E-state index in [1.807, 2.05) is 20.8 Å². The van der Waals surface area contributed by atoms with Gasteiger partial charge in [-0.1, -0.05) is 44.0 Å². The van der Waals surface area contributed by atoms with Gasteiger partial charge in [0.15, 0.2) is 0 Å². The van der Waals surface area contributed by atoms with E-state index in [1.54, 1.807) is 62.1 Å². The van der Waals surface area contributed by atoms with Crippen LogP contribution in [-0.2, 0) is 28.5 Å². The second kappa shape index (κ2) is 17.7. The lowest BCUT2D eigenvalue weighted by atomic mass is 10.1. The summed E-state index contributed by atoms with van der Waals surface area (Å²) in [6.07, 6.45) is 2.89. The van der Waals surface area contributed by atoms with Crippen molar-refractivity contribution in [3.63, 3.8) is 0 Å². The molecule has 2 amide bonds. The lowest BCUT2D eigenvalue weighted by Crippen LogP contribution is -2.51. The van der Waals surface area contributed by atoms with Gasteiger partial charge in [-0.3, -0.25) is 0 Å². The maximum Gasteiger partial charge on any atom is 0.410 e. The molecule has 0 atom stereocenters. The van der Waals surface area contributed by atoms with E-state index in [9.17, 15) is 26.4 Å². The number of sulfonamides is 1. The zero-order chi connectivity index (χ0) is 35.6. The normalized spacial score (nSPS) is 16.2. The number of carbonyl (C=O) groups excluding carboxylic acids is 2. The SMILES string of the molecule is CC(C)(C)OC(=O)N1CCCCC1.CC(C)(C)OC(=O)N1CCN(S(=O)(=O)c2cccc(Br)c2)CC1.O=S(=O)(Cl)c1cccc(Br)c1. The molecule has 0 aromatic heterocycles. The topological polar surface area (TPSA) is 131 Å². The molecule has 16 heteroatoms. The largest absolute Gasteiger partial charge is 0.444 e. The average Bonchev–Trinajstić information content (AvgIpc) is 2.96. The van der Waals surface area contributed by atoms with Crippen LogP contribution in [-0.4, -0.2) is 93.6 Å². The minimum absolute atomic E-state index is 0.105. The fraction of sp³-hybridized carbons (Fsp3) is 0.548. The molecule has 2 aliphatic rings. The Bertz CT molecular complexity index is 1570. The van der Waals surface area contributed by atoms with Gasteiger partial charge in [0.1, 0.15) is 11.2 Å². The fourth-order valence-electron chi connectivity index (χ4n) is 4.24. The summed E-state index contributed by atoms with van der Waals surface area (Å²) < 4.78 is 60.1. The van der Waals surface area contributed by atoms with Gasteiger partial charge in [-0.25, -0.2) is 26.4 Å². The average molecular weight is 846 g/mol. The van der Waals surface area contributed by atoms with Crippen molar-refractivity contribution in [2.24, 2.45) is 0 Å². The first-order valence-electron chi connectivity index (χ1n) is 15.0. The second-order valence-corrected chi connectivity index (χ2v) is 19.1. The Balaban J connectivity index is 0.000000270. The Morgan fingerprint density at radius 2 is 1.06 bits per heavy atom. The third kappa shape index (κ3) is 15.0. The number of likely N-dealkylation sites (tertiary alicyclic amines) is 1. The Morgan fingerprint density at radius 3 is 1.45 bits per heavy atom. The molecule has 0 N–H and O–H groups in total. The number of halogens is 3. The summed E-state index contributed by atoms with van der Waals surface area (Å²) >= 11 is 6.41. The molecule has 47 heavy (non-hydrogen) atoms. The minimum atomic E-state index is -3.58. The van der Waals surface area contributed by atoms with E-state index in [4.69, 9.17) is 20.2 Å². The molecule has 0 bridgehead atoms. The van der Waals surface area contributed by atoms with Crippen molar-refractivity contribution >= 4 is 73.8 Å². The number of carbonyl (C=O) groups is 2. The van der Waals surface area contributed by atoms with Crippen molar-refractivity contribution in [3.8, 4) is 0 Å². The summed E-state index contributed by atoms with van der Waals surface area (Å²) in [5.41, 5.74) is -0.925. The summed E-state index contributed by atoms with van der Waals surface area (Å²) in [6.45, 7) is 14.0. The molecule has 2 saturated heterocycles. The predicted octanol–water partition coefficient (Wildman–Crippen LogP) is 7.47. The minimum Gasteiger partial charge on any atom is -0.444 e. The van der Waals surface area contributed by atoms with Crippen LogP contribution in [0.25, 0.3) is 0 Å². The van der Waals surface area contributed by atoms with Crippen molar-refractivity contribution in [3.05, 3.63) is 57.5 Å². The number of hydrogen-bond acceptors (Lipinski definition) is 8. The van der Waals surface area contributed by atoms with Crippen molar-refractivity contribution < 1.29 is 35.9 Å². The molecular weight excluding hydrogens is 802 g/mol. The molecule has 0 aliphatic carbocycles. The van der Waals surface area contributed by atoms with Gasteiger partial charge in [0.25, 0.3) is 9.05 Å². The van der Waals surface area contributed by atoms with Crippen LogP contribution in [0.15, 0.2) is 67.3 Å². The van der Waals surface area contributed by atoms with Crippen LogP contribution in [0.3, 0.4) is 0 Å². The first-order valence-corrected chi connectivity index (χ1v) is 20.3. The zero-order valence-electron chi connectivity index (χ0n) is 27.5. The highest BCUT2D eigenvalue weighted by Gasteiger charge is 2.32. The molecule has 2 aromatic carbocycles. The smallest absolute Gasteiger partial charge is 0.410 e.